The minimum atomic E-state index is -0.337. The molecule has 1 atom stereocenters. The molecule has 0 amide bonds. The Morgan fingerprint density at radius 3 is 2.77 bits per heavy atom. The molecule has 0 aliphatic carbocycles. The zero-order valence-corrected chi connectivity index (χ0v) is 17.6. The lowest BCUT2D eigenvalue weighted by molar-refractivity contribution is 0.313. The van der Waals surface area contributed by atoms with Crippen LogP contribution in [0.2, 0.25) is 0 Å². The van der Waals surface area contributed by atoms with Crippen molar-refractivity contribution in [3.8, 4) is 5.75 Å². The lowest BCUT2D eigenvalue weighted by atomic mass is 9.97. The molecule has 1 saturated heterocycles. The van der Waals surface area contributed by atoms with Gasteiger partial charge in [-0.2, -0.15) is 0 Å². The van der Waals surface area contributed by atoms with E-state index in [4.69, 9.17) is 4.74 Å². The van der Waals surface area contributed by atoms with Crippen molar-refractivity contribution in [1.82, 2.24) is 14.5 Å². The Labute approximate surface area is 177 Å². The van der Waals surface area contributed by atoms with Crippen molar-refractivity contribution < 1.29 is 4.74 Å². The van der Waals surface area contributed by atoms with E-state index in [2.05, 4.69) is 16.0 Å². The third-order valence-electron chi connectivity index (χ3n) is 6.00. The highest BCUT2D eigenvalue weighted by Gasteiger charge is 2.26. The molecule has 1 N–H and O–H groups in total. The Morgan fingerprint density at radius 1 is 1.10 bits per heavy atom. The molecule has 3 heterocycles. The first kappa shape index (κ1) is 19.1. The normalized spacial score (nSPS) is 17.2. The summed E-state index contributed by atoms with van der Waals surface area (Å²) in [6, 6.07) is 15.9. The first-order valence-corrected chi connectivity index (χ1v) is 11.0. The monoisotopic (exact) mass is 421 g/mol. The second-order valence-corrected chi connectivity index (χ2v) is 8.77. The number of nitrogens with zero attached hydrogens (tertiary/aromatic N) is 2. The number of aromatic amines is 1. The molecule has 5 rings (SSSR count). The Kier molecular flexibility index (Phi) is 4.92. The van der Waals surface area contributed by atoms with Gasteiger partial charge in [0.25, 0.3) is 5.56 Å². The maximum atomic E-state index is 13.0. The summed E-state index contributed by atoms with van der Waals surface area (Å²) in [5, 5.41) is 0.929. The van der Waals surface area contributed by atoms with Crippen LogP contribution in [0.3, 0.4) is 0 Å². The maximum absolute atomic E-state index is 13.0. The van der Waals surface area contributed by atoms with Crippen molar-refractivity contribution in [1.29, 1.82) is 0 Å². The Morgan fingerprint density at radius 2 is 1.90 bits per heavy atom. The molecular formula is C23H23N3O3S. The summed E-state index contributed by atoms with van der Waals surface area (Å²) < 4.78 is 8.48. The summed E-state index contributed by atoms with van der Waals surface area (Å²) in [5.74, 6) is 1.33. The lowest BCUT2D eigenvalue weighted by Crippen LogP contribution is -2.38. The molecule has 1 aliphatic heterocycles. The van der Waals surface area contributed by atoms with Gasteiger partial charge >= 0.3 is 5.69 Å². The number of aromatic nitrogens is 2. The molecule has 30 heavy (non-hydrogen) atoms. The summed E-state index contributed by atoms with van der Waals surface area (Å²) in [6.45, 7) is 2.90. The van der Waals surface area contributed by atoms with Gasteiger partial charge in [-0.1, -0.05) is 36.4 Å². The average molecular weight is 422 g/mol. The van der Waals surface area contributed by atoms with Gasteiger partial charge in [-0.25, -0.2) is 4.79 Å². The van der Waals surface area contributed by atoms with Gasteiger partial charge in [-0.05, 0) is 30.7 Å². The van der Waals surface area contributed by atoms with Gasteiger partial charge in [-0.15, -0.1) is 11.3 Å². The van der Waals surface area contributed by atoms with E-state index in [-0.39, 0.29) is 11.2 Å². The molecule has 0 bridgehead atoms. The van der Waals surface area contributed by atoms with E-state index in [1.54, 1.807) is 7.11 Å². The van der Waals surface area contributed by atoms with Crippen LogP contribution in [0.4, 0.5) is 0 Å². The van der Waals surface area contributed by atoms with Crippen molar-refractivity contribution in [2.45, 2.75) is 18.9 Å². The highest BCUT2D eigenvalue weighted by Crippen LogP contribution is 2.33. The van der Waals surface area contributed by atoms with Crippen LogP contribution in [0.25, 0.3) is 20.3 Å². The van der Waals surface area contributed by atoms with Crippen LogP contribution in [0.15, 0.2) is 58.1 Å². The smallest absolute Gasteiger partial charge is 0.328 e. The molecule has 154 valence electrons. The third kappa shape index (κ3) is 3.24. The first-order chi connectivity index (χ1) is 14.7. The summed E-state index contributed by atoms with van der Waals surface area (Å²) in [7, 11) is 1.70. The minimum Gasteiger partial charge on any atom is -0.496 e. The number of H-pyrrole nitrogens is 1. The Hall–Kier alpha value is -2.90. The van der Waals surface area contributed by atoms with Gasteiger partial charge in [0.2, 0.25) is 0 Å². The van der Waals surface area contributed by atoms with Gasteiger partial charge in [0.1, 0.15) is 10.4 Å². The number of nitrogens with one attached hydrogen (secondary N) is 1. The van der Waals surface area contributed by atoms with Crippen LogP contribution in [-0.4, -0.2) is 41.2 Å². The van der Waals surface area contributed by atoms with E-state index in [9.17, 15) is 9.59 Å². The van der Waals surface area contributed by atoms with Crippen molar-refractivity contribution in [2.75, 3.05) is 26.7 Å². The highest BCUT2D eigenvalue weighted by molar-refractivity contribution is 7.25. The second kappa shape index (κ2) is 7.74. The predicted molar refractivity (Wildman–Crippen MR) is 121 cm³/mol. The van der Waals surface area contributed by atoms with Crippen LogP contribution in [-0.2, 0) is 6.54 Å². The van der Waals surface area contributed by atoms with E-state index in [0.29, 0.717) is 29.2 Å². The van der Waals surface area contributed by atoms with Gasteiger partial charge in [0, 0.05) is 35.6 Å². The van der Waals surface area contributed by atoms with E-state index in [1.807, 2.05) is 42.5 Å². The van der Waals surface area contributed by atoms with Crippen LogP contribution in [0, 0.1) is 0 Å². The molecule has 1 aliphatic rings. The maximum Gasteiger partial charge on any atom is 0.328 e. The quantitative estimate of drug-likeness (QED) is 0.536. The highest BCUT2D eigenvalue weighted by atomic mass is 32.1. The van der Waals surface area contributed by atoms with Gasteiger partial charge in [0.05, 0.1) is 12.6 Å². The number of para-hydroxylation sites is 1. The number of methoxy groups -OCH3 is 1. The largest absolute Gasteiger partial charge is 0.496 e. The molecule has 2 aromatic carbocycles. The molecule has 6 nitrogen and oxygen atoms in total. The van der Waals surface area contributed by atoms with Gasteiger partial charge in [-0.3, -0.25) is 9.36 Å². The first-order valence-electron chi connectivity index (χ1n) is 10.2. The molecule has 2 aromatic heterocycles. The summed E-state index contributed by atoms with van der Waals surface area (Å²) in [5.41, 5.74) is 1.34. The Balaban J connectivity index is 1.36. The van der Waals surface area contributed by atoms with E-state index < -0.39 is 0 Å². The molecule has 0 saturated carbocycles. The summed E-state index contributed by atoms with van der Waals surface area (Å²) in [4.78, 5) is 30.9. The lowest BCUT2D eigenvalue weighted by Gasteiger charge is -2.17. The van der Waals surface area contributed by atoms with E-state index >= 15 is 0 Å². The van der Waals surface area contributed by atoms with Gasteiger partial charge < -0.3 is 14.6 Å². The van der Waals surface area contributed by atoms with Gasteiger partial charge in [0.15, 0.2) is 0 Å². The fraction of sp³-hybridized carbons (Fsp3) is 0.304. The number of hydrogen-bond donors (Lipinski definition) is 1. The molecule has 0 unspecified atom stereocenters. The van der Waals surface area contributed by atoms with E-state index in [1.165, 1.54) is 21.5 Å². The van der Waals surface area contributed by atoms with Crippen LogP contribution >= 0.6 is 11.3 Å². The number of rotatable bonds is 5. The van der Waals surface area contributed by atoms with Crippen LogP contribution < -0.4 is 16.0 Å². The number of thiophene rings is 1. The second-order valence-electron chi connectivity index (χ2n) is 7.72. The molecular weight excluding hydrogens is 398 g/mol. The summed E-state index contributed by atoms with van der Waals surface area (Å²) >= 11 is 1.44. The molecule has 0 radical (unpaired) electrons. The van der Waals surface area contributed by atoms with Crippen molar-refractivity contribution in [3.05, 3.63) is 74.9 Å². The fourth-order valence-corrected chi connectivity index (χ4v) is 5.55. The predicted octanol–water partition coefficient (Wildman–Crippen LogP) is 3.40. The van der Waals surface area contributed by atoms with Crippen molar-refractivity contribution in [2.24, 2.45) is 0 Å². The standard InChI is InChI=1S/C23H23N3O3S/c1-29-18-8-4-2-6-16(18)15-10-11-25(14-15)12-13-26-22(27)21-20(24-23(26)28)17-7-3-5-9-19(17)30-21/h2-9,15H,10-14H2,1H3,(H,24,28)/t15-/m1/s1. The van der Waals surface area contributed by atoms with Crippen molar-refractivity contribution >= 4 is 31.6 Å². The number of likely N-dealkylation sites (tertiary alicyclic amines) is 1. The minimum absolute atomic E-state index is 0.199. The van der Waals surface area contributed by atoms with Crippen LogP contribution in [0.1, 0.15) is 17.9 Å². The zero-order chi connectivity index (χ0) is 20.7. The summed E-state index contributed by atoms with van der Waals surface area (Å²) in [6.07, 6.45) is 1.04. The number of benzene rings is 2. The fourth-order valence-electron chi connectivity index (χ4n) is 4.45. The molecule has 7 heteroatoms. The molecule has 1 fully saturated rings. The van der Waals surface area contributed by atoms with E-state index in [0.717, 1.165) is 35.3 Å². The zero-order valence-electron chi connectivity index (χ0n) is 16.8. The SMILES string of the molecule is COc1ccccc1[C@@H]1CCN(CCn2c(=O)[nH]c3c(sc4ccccc43)c2=O)C1. The molecule has 4 aromatic rings. The Bertz CT molecular complexity index is 1340. The van der Waals surface area contributed by atoms with Crippen molar-refractivity contribution in [3.63, 3.8) is 0 Å². The number of ether oxygens (including phenoxy) is 1. The van der Waals surface area contributed by atoms with Crippen LogP contribution in [0.5, 0.6) is 5.75 Å². The average Bonchev–Trinajstić information content (AvgIpc) is 3.39. The number of hydrogen-bond acceptors (Lipinski definition) is 5. The number of fused-ring (bicyclic) bond motifs is 3. The third-order valence-corrected chi connectivity index (χ3v) is 7.16. The molecule has 0 spiro atoms. The topological polar surface area (TPSA) is 67.3 Å².